The zero-order chi connectivity index (χ0) is 12.3. The van der Waals surface area contributed by atoms with Gasteiger partial charge in [0.25, 0.3) is 0 Å². The number of hydrogen-bond donors (Lipinski definition) is 0. The van der Waals surface area contributed by atoms with E-state index < -0.39 is 26.3 Å². The van der Waals surface area contributed by atoms with Crippen LogP contribution in [-0.4, -0.2) is 25.2 Å². The van der Waals surface area contributed by atoms with Gasteiger partial charge >= 0.3 is 0 Å². The lowest BCUT2D eigenvalue weighted by atomic mass is 9.92. The Hall–Kier alpha value is -0.890. The van der Waals surface area contributed by atoms with Crippen molar-refractivity contribution in [3.63, 3.8) is 0 Å². The summed E-state index contributed by atoms with van der Waals surface area (Å²) in [5, 5.41) is 8.79. The lowest BCUT2D eigenvalue weighted by Crippen LogP contribution is -2.43. The number of Topliss-reactive ketones (excluding diaryl/α,β-unsaturated/α-hetero) is 1. The first-order chi connectivity index (χ1) is 6.68. The van der Waals surface area contributed by atoms with Gasteiger partial charge in [-0.1, -0.05) is 13.3 Å². The first kappa shape index (κ1) is 14.1. The van der Waals surface area contributed by atoms with Crippen LogP contribution in [0.2, 0.25) is 0 Å². The first-order valence-corrected chi connectivity index (χ1v) is 6.71. The van der Waals surface area contributed by atoms with Gasteiger partial charge in [0, 0.05) is 6.26 Å². The Labute approximate surface area is 91.2 Å². The van der Waals surface area contributed by atoms with Crippen LogP contribution in [0.5, 0.6) is 0 Å². The van der Waals surface area contributed by atoms with Gasteiger partial charge in [-0.15, -0.1) is 0 Å². The highest BCUT2D eigenvalue weighted by atomic mass is 32.2. The minimum Gasteiger partial charge on any atom is -0.296 e. The second-order valence-corrected chi connectivity index (χ2v) is 6.68. The van der Waals surface area contributed by atoms with Crippen LogP contribution in [0.15, 0.2) is 0 Å². The Balaban J connectivity index is 5.10. The highest BCUT2D eigenvalue weighted by Crippen LogP contribution is 2.23. The van der Waals surface area contributed by atoms with Gasteiger partial charge in [0.15, 0.2) is 15.6 Å². The smallest absolute Gasteiger partial charge is 0.170 e. The SMILES string of the molecule is CCCC(C#N)C(=O)C(C)(C)S(C)(=O)=O. The van der Waals surface area contributed by atoms with Gasteiger partial charge in [-0.05, 0) is 20.3 Å². The van der Waals surface area contributed by atoms with E-state index in [1.807, 2.05) is 13.0 Å². The molecule has 0 N–H and O–H groups in total. The van der Waals surface area contributed by atoms with Crippen molar-refractivity contribution in [2.75, 3.05) is 6.26 Å². The molecule has 0 aromatic carbocycles. The summed E-state index contributed by atoms with van der Waals surface area (Å²) in [5.74, 6) is -1.32. The summed E-state index contributed by atoms with van der Waals surface area (Å²) >= 11 is 0. The zero-order valence-corrected chi connectivity index (χ0v) is 10.4. The molecule has 0 fully saturated rings. The Morgan fingerprint density at radius 2 is 1.93 bits per heavy atom. The van der Waals surface area contributed by atoms with Crippen molar-refractivity contribution < 1.29 is 13.2 Å². The van der Waals surface area contributed by atoms with E-state index in [4.69, 9.17) is 5.26 Å². The number of ketones is 1. The Bertz CT molecular complexity index is 376. The molecule has 0 aliphatic heterocycles. The van der Waals surface area contributed by atoms with Crippen LogP contribution in [0.25, 0.3) is 0 Å². The third kappa shape index (κ3) is 3.03. The van der Waals surface area contributed by atoms with Crippen LogP contribution >= 0.6 is 0 Å². The van der Waals surface area contributed by atoms with Gasteiger partial charge in [-0.3, -0.25) is 4.79 Å². The van der Waals surface area contributed by atoms with E-state index in [2.05, 4.69) is 0 Å². The monoisotopic (exact) mass is 231 g/mol. The van der Waals surface area contributed by atoms with Crippen molar-refractivity contribution in [1.82, 2.24) is 0 Å². The fourth-order valence-corrected chi connectivity index (χ4v) is 1.65. The summed E-state index contributed by atoms with van der Waals surface area (Å²) in [6, 6.07) is 1.87. The van der Waals surface area contributed by atoms with Crippen LogP contribution < -0.4 is 0 Å². The molecular formula is C10H17NO3S. The summed E-state index contributed by atoms with van der Waals surface area (Å²) < 4.78 is 21.3. The summed E-state index contributed by atoms with van der Waals surface area (Å²) in [5.41, 5.74) is 0. The number of nitriles is 1. The molecule has 0 aliphatic rings. The van der Waals surface area contributed by atoms with E-state index >= 15 is 0 Å². The number of nitrogens with zero attached hydrogens (tertiary/aromatic N) is 1. The predicted molar refractivity (Wildman–Crippen MR) is 57.9 cm³/mol. The zero-order valence-electron chi connectivity index (χ0n) is 9.57. The number of hydrogen-bond acceptors (Lipinski definition) is 4. The molecule has 86 valence electrons. The third-order valence-corrected chi connectivity index (χ3v) is 4.63. The van der Waals surface area contributed by atoms with E-state index in [0.717, 1.165) is 6.26 Å². The fourth-order valence-electron chi connectivity index (χ4n) is 1.15. The minimum atomic E-state index is -3.48. The maximum atomic E-state index is 11.8. The second-order valence-electron chi connectivity index (χ2n) is 4.12. The minimum absolute atomic E-state index is 0.411. The number of carbonyl (C=O) groups is 1. The Morgan fingerprint density at radius 3 is 2.20 bits per heavy atom. The van der Waals surface area contributed by atoms with Gasteiger partial charge in [-0.2, -0.15) is 5.26 Å². The molecule has 15 heavy (non-hydrogen) atoms. The van der Waals surface area contributed by atoms with E-state index in [9.17, 15) is 13.2 Å². The molecule has 0 saturated heterocycles. The number of rotatable bonds is 5. The average molecular weight is 231 g/mol. The van der Waals surface area contributed by atoms with Gasteiger partial charge < -0.3 is 0 Å². The van der Waals surface area contributed by atoms with Crippen LogP contribution in [0.4, 0.5) is 0 Å². The lowest BCUT2D eigenvalue weighted by Gasteiger charge is -2.23. The summed E-state index contributed by atoms with van der Waals surface area (Å²) in [4.78, 5) is 11.8. The molecule has 0 rings (SSSR count). The van der Waals surface area contributed by atoms with E-state index in [1.165, 1.54) is 13.8 Å². The molecule has 1 atom stereocenters. The van der Waals surface area contributed by atoms with Gasteiger partial charge in [0.2, 0.25) is 0 Å². The second kappa shape index (κ2) is 4.75. The quantitative estimate of drug-likeness (QED) is 0.715. The van der Waals surface area contributed by atoms with Crippen LogP contribution in [0, 0.1) is 17.2 Å². The van der Waals surface area contributed by atoms with Crippen LogP contribution in [0.3, 0.4) is 0 Å². The van der Waals surface area contributed by atoms with Gasteiger partial charge in [0.05, 0.1) is 6.07 Å². The standard InChI is InChI=1S/C10H17NO3S/c1-5-6-8(7-11)9(12)10(2,3)15(4,13)14/h8H,5-6H2,1-4H3. The molecule has 1 unspecified atom stereocenters. The highest BCUT2D eigenvalue weighted by Gasteiger charge is 2.41. The van der Waals surface area contributed by atoms with Crippen molar-refractivity contribution in [2.24, 2.45) is 5.92 Å². The van der Waals surface area contributed by atoms with Gasteiger partial charge in [-0.25, -0.2) is 8.42 Å². The molecule has 0 radical (unpaired) electrons. The van der Waals surface area contributed by atoms with Crippen molar-refractivity contribution in [3.8, 4) is 6.07 Å². The number of sulfone groups is 1. The predicted octanol–water partition coefficient (Wildman–Crippen LogP) is 1.32. The Morgan fingerprint density at radius 1 is 1.47 bits per heavy atom. The van der Waals surface area contributed by atoms with E-state index in [1.54, 1.807) is 0 Å². The average Bonchev–Trinajstić information content (AvgIpc) is 2.11. The van der Waals surface area contributed by atoms with Crippen LogP contribution in [-0.2, 0) is 14.6 Å². The van der Waals surface area contributed by atoms with Crippen LogP contribution in [0.1, 0.15) is 33.6 Å². The number of carbonyl (C=O) groups excluding carboxylic acids is 1. The molecule has 0 amide bonds. The normalized spacial score (nSPS) is 14.3. The maximum absolute atomic E-state index is 11.8. The van der Waals surface area contributed by atoms with Crippen molar-refractivity contribution in [3.05, 3.63) is 0 Å². The molecule has 4 nitrogen and oxygen atoms in total. The molecule has 0 aliphatic carbocycles. The summed E-state index contributed by atoms with van der Waals surface area (Å²) in [6.07, 6.45) is 2.11. The molecule has 0 bridgehead atoms. The third-order valence-electron chi connectivity index (χ3n) is 2.57. The first-order valence-electron chi connectivity index (χ1n) is 4.82. The van der Waals surface area contributed by atoms with Crippen molar-refractivity contribution in [1.29, 1.82) is 5.26 Å². The Kier molecular flexibility index (Phi) is 4.47. The maximum Gasteiger partial charge on any atom is 0.170 e. The molecule has 0 saturated carbocycles. The molecule has 0 aromatic heterocycles. The highest BCUT2D eigenvalue weighted by molar-refractivity contribution is 7.92. The largest absolute Gasteiger partial charge is 0.296 e. The molecular weight excluding hydrogens is 214 g/mol. The van der Waals surface area contributed by atoms with E-state index in [0.29, 0.717) is 12.8 Å². The topological polar surface area (TPSA) is 75.0 Å². The lowest BCUT2D eigenvalue weighted by molar-refractivity contribution is -0.123. The molecule has 0 heterocycles. The van der Waals surface area contributed by atoms with Gasteiger partial charge in [0.1, 0.15) is 10.7 Å². The molecule has 0 spiro atoms. The molecule has 0 aromatic rings. The molecule has 5 heteroatoms. The summed E-state index contributed by atoms with van der Waals surface area (Å²) in [6.45, 7) is 4.56. The van der Waals surface area contributed by atoms with E-state index in [-0.39, 0.29) is 0 Å². The van der Waals surface area contributed by atoms with Crippen molar-refractivity contribution >= 4 is 15.6 Å². The summed E-state index contributed by atoms with van der Waals surface area (Å²) in [7, 11) is -3.48. The van der Waals surface area contributed by atoms with Crippen molar-refractivity contribution in [2.45, 2.75) is 38.4 Å². The fraction of sp³-hybridized carbons (Fsp3) is 0.800.